The van der Waals surface area contributed by atoms with E-state index in [0.29, 0.717) is 0 Å². The summed E-state index contributed by atoms with van der Waals surface area (Å²) in [6, 6.07) is 1.82. The van der Waals surface area contributed by atoms with Gasteiger partial charge in [-0.1, -0.05) is 13.8 Å². The number of rotatable bonds is 5. The van der Waals surface area contributed by atoms with Crippen LogP contribution in [0.4, 0.5) is 0 Å². The van der Waals surface area contributed by atoms with Crippen molar-refractivity contribution in [3.05, 3.63) is 0 Å². The molecule has 0 aromatic heterocycles. The predicted octanol–water partition coefficient (Wildman–Crippen LogP) is 0.800. The summed E-state index contributed by atoms with van der Waals surface area (Å²) in [6.45, 7) is 2.96. The van der Waals surface area contributed by atoms with Crippen LogP contribution < -0.4 is 0 Å². The Labute approximate surface area is 82.3 Å². The van der Waals surface area contributed by atoms with Crippen LogP contribution in [-0.2, 0) is 14.3 Å². The average molecular weight is 199 g/mol. The summed E-state index contributed by atoms with van der Waals surface area (Å²) in [7, 11) is 0. The van der Waals surface area contributed by atoms with Crippen LogP contribution in [0.25, 0.3) is 0 Å². The molecule has 0 bridgehead atoms. The van der Waals surface area contributed by atoms with Gasteiger partial charge >= 0.3 is 11.9 Å². The van der Waals surface area contributed by atoms with E-state index in [4.69, 9.17) is 15.1 Å². The quantitative estimate of drug-likeness (QED) is 0.522. The first-order valence-electron chi connectivity index (χ1n) is 4.27. The third-order valence-electron chi connectivity index (χ3n) is 1.97. The van der Waals surface area contributed by atoms with Crippen LogP contribution in [0, 0.1) is 23.2 Å². The summed E-state index contributed by atoms with van der Waals surface area (Å²) in [5, 5.41) is 16.8. The van der Waals surface area contributed by atoms with E-state index < -0.39 is 23.8 Å². The molecule has 0 aromatic carbocycles. The van der Waals surface area contributed by atoms with Crippen molar-refractivity contribution in [1.82, 2.24) is 0 Å². The Kier molecular flexibility index (Phi) is 5.30. The second kappa shape index (κ2) is 5.97. The monoisotopic (exact) mass is 199 g/mol. The lowest BCUT2D eigenvalue weighted by atomic mass is 9.96. The summed E-state index contributed by atoms with van der Waals surface area (Å²) < 4.78 is 4.69. The van der Waals surface area contributed by atoms with E-state index in [-0.39, 0.29) is 13.0 Å². The molecule has 0 aliphatic heterocycles. The second-order valence-electron chi connectivity index (χ2n) is 2.99. The van der Waals surface area contributed by atoms with Crippen molar-refractivity contribution < 1.29 is 19.4 Å². The van der Waals surface area contributed by atoms with E-state index in [0.717, 1.165) is 0 Å². The standard InChI is InChI=1S/C9H13NO4/c1-6(8(11)12)7(2)9(13)14-5-3-4-10/h6-7H,3,5H2,1-2H3,(H,11,12). The van der Waals surface area contributed by atoms with E-state index in [1.165, 1.54) is 13.8 Å². The molecule has 0 radical (unpaired) electrons. The maximum Gasteiger partial charge on any atom is 0.309 e. The molecule has 0 saturated carbocycles. The number of hydrogen-bond donors (Lipinski definition) is 1. The van der Waals surface area contributed by atoms with Crippen molar-refractivity contribution in [3.63, 3.8) is 0 Å². The molecule has 2 unspecified atom stereocenters. The molecule has 0 spiro atoms. The van der Waals surface area contributed by atoms with Gasteiger partial charge in [0.2, 0.25) is 0 Å². The van der Waals surface area contributed by atoms with E-state index in [1.54, 1.807) is 0 Å². The molecule has 0 heterocycles. The van der Waals surface area contributed by atoms with Gasteiger partial charge in [-0.25, -0.2) is 0 Å². The Bertz CT molecular complexity index is 256. The summed E-state index contributed by atoms with van der Waals surface area (Å²) in [5.41, 5.74) is 0. The number of nitrogens with zero attached hydrogens (tertiary/aromatic N) is 1. The molecule has 0 saturated heterocycles. The zero-order valence-electron chi connectivity index (χ0n) is 8.19. The predicted molar refractivity (Wildman–Crippen MR) is 47.2 cm³/mol. The first-order valence-corrected chi connectivity index (χ1v) is 4.27. The average Bonchev–Trinajstić information content (AvgIpc) is 2.15. The van der Waals surface area contributed by atoms with Gasteiger partial charge in [-0.05, 0) is 0 Å². The molecule has 0 fully saturated rings. The topological polar surface area (TPSA) is 87.4 Å². The Morgan fingerprint density at radius 2 is 2.00 bits per heavy atom. The zero-order chi connectivity index (χ0) is 11.1. The van der Waals surface area contributed by atoms with Gasteiger partial charge in [0.05, 0.1) is 24.3 Å². The molecule has 14 heavy (non-hydrogen) atoms. The van der Waals surface area contributed by atoms with E-state index in [1.807, 2.05) is 6.07 Å². The number of carboxylic acid groups (broad SMARTS) is 1. The molecule has 0 aromatic rings. The highest BCUT2D eigenvalue weighted by Gasteiger charge is 2.26. The van der Waals surface area contributed by atoms with Gasteiger partial charge < -0.3 is 9.84 Å². The Hall–Kier alpha value is -1.57. The van der Waals surface area contributed by atoms with Crippen LogP contribution in [-0.4, -0.2) is 23.7 Å². The van der Waals surface area contributed by atoms with E-state index in [2.05, 4.69) is 0 Å². The fourth-order valence-electron chi connectivity index (χ4n) is 0.747. The van der Waals surface area contributed by atoms with Gasteiger partial charge in [0.15, 0.2) is 0 Å². The van der Waals surface area contributed by atoms with Crippen molar-refractivity contribution >= 4 is 11.9 Å². The van der Waals surface area contributed by atoms with Gasteiger partial charge in [-0.3, -0.25) is 9.59 Å². The van der Waals surface area contributed by atoms with Crippen molar-refractivity contribution in [1.29, 1.82) is 5.26 Å². The number of carbonyl (C=O) groups excluding carboxylic acids is 1. The third-order valence-corrected chi connectivity index (χ3v) is 1.97. The minimum Gasteiger partial charge on any atom is -0.481 e. The highest BCUT2D eigenvalue weighted by Crippen LogP contribution is 2.12. The molecule has 78 valence electrons. The number of aliphatic carboxylic acids is 1. The van der Waals surface area contributed by atoms with Gasteiger partial charge in [-0.2, -0.15) is 5.26 Å². The van der Waals surface area contributed by atoms with E-state index >= 15 is 0 Å². The molecular formula is C9H13NO4. The van der Waals surface area contributed by atoms with Gasteiger partial charge in [0.25, 0.3) is 0 Å². The number of carboxylic acids is 1. The number of ether oxygens (including phenoxy) is 1. The van der Waals surface area contributed by atoms with E-state index in [9.17, 15) is 9.59 Å². The fourth-order valence-corrected chi connectivity index (χ4v) is 0.747. The van der Waals surface area contributed by atoms with Crippen LogP contribution >= 0.6 is 0 Å². The molecule has 0 rings (SSSR count). The maximum absolute atomic E-state index is 11.2. The van der Waals surface area contributed by atoms with Crippen LogP contribution in [0.15, 0.2) is 0 Å². The summed E-state index contributed by atoms with van der Waals surface area (Å²) >= 11 is 0. The van der Waals surface area contributed by atoms with Gasteiger partial charge in [-0.15, -0.1) is 0 Å². The Morgan fingerprint density at radius 3 is 2.43 bits per heavy atom. The lowest BCUT2D eigenvalue weighted by Gasteiger charge is -2.13. The Balaban J connectivity index is 4.00. The Morgan fingerprint density at radius 1 is 1.43 bits per heavy atom. The number of esters is 1. The van der Waals surface area contributed by atoms with Crippen molar-refractivity contribution in [2.24, 2.45) is 11.8 Å². The smallest absolute Gasteiger partial charge is 0.309 e. The lowest BCUT2D eigenvalue weighted by Crippen LogP contribution is -2.27. The third kappa shape index (κ3) is 3.90. The minimum absolute atomic E-state index is 0.0199. The van der Waals surface area contributed by atoms with Crippen LogP contribution in [0.2, 0.25) is 0 Å². The van der Waals surface area contributed by atoms with Gasteiger partial charge in [0.1, 0.15) is 6.61 Å². The molecule has 2 atom stereocenters. The molecule has 1 N–H and O–H groups in total. The first-order chi connectivity index (χ1) is 6.50. The normalized spacial score (nSPS) is 13.8. The maximum atomic E-state index is 11.2. The van der Waals surface area contributed by atoms with Gasteiger partial charge in [0, 0.05) is 0 Å². The number of hydrogen-bond acceptors (Lipinski definition) is 4. The van der Waals surface area contributed by atoms with Crippen molar-refractivity contribution in [3.8, 4) is 6.07 Å². The number of carbonyl (C=O) groups is 2. The molecule has 0 aliphatic rings. The van der Waals surface area contributed by atoms with Crippen molar-refractivity contribution in [2.45, 2.75) is 20.3 Å². The highest BCUT2D eigenvalue weighted by atomic mass is 16.5. The highest BCUT2D eigenvalue weighted by molar-refractivity contribution is 5.80. The molecule has 0 amide bonds. The van der Waals surface area contributed by atoms with Crippen molar-refractivity contribution in [2.75, 3.05) is 6.61 Å². The summed E-state index contributed by atoms with van der Waals surface area (Å²) in [5.74, 6) is -3.07. The summed E-state index contributed by atoms with van der Waals surface area (Å²) in [6.07, 6.45) is 0.125. The zero-order valence-corrected chi connectivity index (χ0v) is 8.19. The van der Waals surface area contributed by atoms with Crippen LogP contribution in [0.3, 0.4) is 0 Å². The first kappa shape index (κ1) is 12.4. The molecule has 5 nitrogen and oxygen atoms in total. The van der Waals surface area contributed by atoms with Crippen LogP contribution in [0.5, 0.6) is 0 Å². The summed E-state index contributed by atoms with van der Waals surface area (Å²) in [4.78, 5) is 21.7. The second-order valence-corrected chi connectivity index (χ2v) is 2.99. The molecule has 0 aliphatic carbocycles. The molecular weight excluding hydrogens is 186 g/mol. The SMILES string of the molecule is CC(C(=O)O)C(C)C(=O)OCCC#N. The molecule has 5 heteroatoms. The largest absolute Gasteiger partial charge is 0.481 e. The lowest BCUT2D eigenvalue weighted by molar-refractivity contribution is -0.156. The minimum atomic E-state index is -1.03. The number of nitriles is 1. The fraction of sp³-hybridized carbons (Fsp3) is 0.667. The van der Waals surface area contributed by atoms with Crippen LogP contribution in [0.1, 0.15) is 20.3 Å².